The van der Waals surface area contributed by atoms with Gasteiger partial charge in [0.15, 0.2) is 0 Å². The van der Waals surface area contributed by atoms with Crippen LogP contribution in [-0.4, -0.2) is 33.7 Å². The number of carbonyl (C=O) groups excluding carboxylic acids is 1. The van der Waals surface area contributed by atoms with E-state index in [-0.39, 0.29) is 11.9 Å². The average Bonchev–Trinajstić information content (AvgIpc) is 3.05. The molecule has 1 heterocycles. The van der Waals surface area contributed by atoms with E-state index < -0.39 is 0 Å². The van der Waals surface area contributed by atoms with Crippen molar-refractivity contribution in [2.75, 3.05) is 13.1 Å². The zero-order valence-electron chi connectivity index (χ0n) is 14.2. The molecule has 5 nitrogen and oxygen atoms in total. The maximum absolute atomic E-state index is 12.8. The summed E-state index contributed by atoms with van der Waals surface area (Å²) in [4.78, 5) is 15.0. The van der Waals surface area contributed by atoms with Gasteiger partial charge in [0, 0.05) is 12.7 Å². The number of hydrogen-bond acceptors (Lipinski definition) is 3. The van der Waals surface area contributed by atoms with Gasteiger partial charge in [-0.2, -0.15) is 5.10 Å². The fourth-order valence-electron chi connectivity index (χ4n) is 2.82. The lowest BCUT2D eigenvalue weighted by molar-refractivity contribution is -0.126. The number of nitrogens with zero attached hydrogens (tertiary/aromatic N) is 3. The van der Waals surface area contributed by atoms with E-state index >= 15 is 0 Å². The van der Waals surface area contributed by atoms with Crippen LogP contribution in [-0.2, 0) is 17.9 Å². The molecule has 1 N–H and O–H groups in total. The quantitative estimate of drug-likeness (QED) is 0.815. The van der Waals surface area contributed by atoms with Gasteiger partial charge in [-0.15, -0.1) is 0 Å². The number of aromatic nitrogens is 2. The lowest BCUT2D eigenvalue weighted by Gasteiger charge is -2.29. The molecule has 2 aromatic rings. The second kappa shape index (κ2) is 8.48. The minimum atomic E-state index is -0.260. The van der Waals surface area contributed by atoms with Gasteiger partial charge >= 0.3 is 0 Å². The summed E-state index contributed by atoms with van der Waals surface area (Å²) < 4.78 is 1.90. The van der Waals surface area contributed by atoms with Gasteiger partial charge in [0.2, 0.25) is 5.91 Å². The number of likely N-dealkylation sites (N-methyl/N-ethyl adjacent to an activating group) is 1. The fourth-order valence-corrected chi connectivity index (χ4v) is 2.82. The molecule has 1 amide bonds. The number of benzene rings is 1. The summed E-state index contributed by atoms with van der Waals surface area (Å²) in [6.07, 6.45) is 1.77. The Balaban J connectivity index is 2.13. The molecule has 1 aromatic heterocycles. The van der Waals surface area contributed by atoms with Crippen LogP contribution in [0.15, 0.2) is 42.6 Å². The van der Waals surface area contributed by atoms with Crippen LogP contribution < -0.4 is 5.32 Å². The molecule has 0 saturated carbocycles. The average molecular weight is 314 g/mol. The van der Waals surface area contributed by atoms with Crippen LogP contribution in [0.25, 0.3) is 0 Å². The van der Waals surface area contributed by atoms with Crippen LogP contribution in [0.2, 0.25) is 0 Å². The largest absolute Gasteiger partial charge is 0.349 e. The van der Waals surface area contributed by atoms with E-state index in [1.807, 2.05) is 48.0 Å². The first kappa shape index (κ1) is 17.2. The molecule has 0 spiro atoms. The summed E-state index contributed by atoms with van der Waals surface area (Å²) in [6, 6.07) is 11.6. The van der Waals surface area contributed by atoms with Crippen molar-refractivity contribution in [2.45, 2.75) is 39.9 Å². The van der Waals surface area contributed by atoms with Gasteiger partial charge in [-0.3, -0.25) is 14.4 Å². The Labute approximate surface area is 138 Å². The van der Waals surface area contributed by atoms with Gasteiger partial charge in [0.1, 0.15) is 6.04 Å². The van der Waals surface area contributed by atoms with Crippen molar-refractivity contribution in [3.05, 3.63) is 53.9 Å². The molecule has 0 saturated heterocycles. The SMILES string of the molecule is CCN(CC)C(C(=O)NCc1ccnn1CC)c1ccccc1. The standard InChI is InChI=1S/C18H26N4O/c1-4-21(5-2)17(15-10-8-7-9-11-15)18(23)19-14-16-12-13-20-22(16)6-3/h7-13,17H,4-6,14H2,1-3H3,(H,19,23). The highest BCUT2D eigenvalue weighted by atomic mass is 16.2. The molecule has 0 aliphatic heterocycles. The molecule has 0 bridgehead atoms. The predicted octanol–water partition coefficient (Wildman–Crippen LogP) is 2.60. The van der Waals surface area contributed by atoms with Crippen molar-refractivity contribution in [3.8, 4) is 0 Å². The third kappa shape index (κ3) is 4.20. The number of carbonyl (C=O) groups is 1. The molecule has 5 heteroatoms. The molecule has 2 rings (SSSR count). The zero-order valence-corrected chi connectivity index (χ0v) is 14.2. The number of rotatable bonds is 8. The topological polar surface area (TPSA) is 50.2 Å². The molecule has 1 atom stereocenters. The maximum Gasteiger partial charge on any atom is 0.242 e. The van der Waals surface area contributed by atoms with Gasteiger partial charge < -0.3 is 5.32 Å². The third-order valence-corrected chi connectivity index (χ3v) is 4.09. The van der Waals surface area contributed by atoms with Crippen LogP contribution in [0.3, 0.4) is 0 Å². The summed E-state index contributed by atoms with van der Waals surface area (Å²) in [5, 5.41) is 7.30. The van der Waals surface area contributed by atoms with E-state index in [9.17, 15) is 4.79 Å². The smallest absolute Gasteiger partial charge is 0.242 e. The summed E-state index contributed by atoms with van der Waals surface area (Å²) in [5.74, 6) is 0.0313. The highest BCUT2D eigenvalue weighted by Crippen LogP contribution is 2.20. The Bertz CT molecular complexity index is 604. The van der Waals surface area contributed by atoms with Gasteiger partial charge in [-0.1, -0.05) is 44.2 Å². The van der Waals surface area contributed by atoms with Crippen LogP contribution in [0.5, 0.6) is 0 Å². The van der Waals surface area contributed by atoms with Gasteiger partial charge in [-0.05, 0) is 31.6 Å². The molecule has 0 radical (unpaired) electrons. The third-order valence-electron chi connectivity index (χ3n) is 4.09. The minimum absolute atomic E-state index is 0.0313. The number of hydrogen-bond donors (Lipinski definition) is 1. The molecule has 124 valence electrons. The van der Waals surface area contributed by atoms with Crippen molar-refractivity contribution < 1.29 is 4.79 Å². The monoisotopic (exact) mass is 314 g/mol. The Morgan fingerprint density at radius 3 is 2.48 bits per heavy atom. The first-order chi connectivity index (χ1) is 11.2. The first-order valence-electron chi connectivity index (χ1n) is 8.28. The van der Waals surface area contributed by atoms with E-state index in [1.165, 1.54) is 0 Å². The molecule has 0 aliphatic rings. The van der Waals surface area contributed by atoms with Gasteiger partial charge in [0.05, 0.1) is 12.2 Å². The first-order valence-corrected chi connectivity index (χ1v) is 8.28. The van der Waals surface area contributed by atoms with Crippen LogP contribution in [0, 0.1) is 0 Å². The van der Waals surface area contributed by atoms with Gasteiger partial charge in [0.25, 0.3) is 0 Å². The molecule has 23 heavy (non-hydrogen) atoms. The van der Waals surface area contributed by atoms with Gasteiger partial charge in [-0.25, -0.2) is 0 Å². The summed E-state index contributed by atoms with van der Waals surface area (Å²) in [6.45, 7) is 9.17. The van der Waals surface area contributed by atoms with Crippen molar-refractivity contribution in [2.24, 2.45) is 0 Å². The van der Waals surface area contributed by atoms with Crippen molar-refractivity contribution in [3.63, 3.8) is 0 Å². The Kier molecular flexibility index (Phi) is 6.35. The molecular weight excluding hydrogens is 288 g/mol. The normalized spacial score (nSPS) is 12.3. The van der Waals surface area contributed by atoms with E-state index in [4.69, 9.17) is 0 Å². The highest BCUT2D eigenvalue weighted by molar-refractivity contribution is 5.83. The van der Waals surface area contributed by atoms with E-state index in [0.29, 0.717) is 6.54 Å². The number of nitrogens with one attached hydrogen (secondary N) is 1. The molecular formula is C18H26N4O. The minimum Gasteiger partial charge on any atom is -0.349 e. The predicted molar refractivity (Wildman–Crippen MR) is 91.9 cm³/mol. The number of amides is 1. The zero-order chi connectivity index (χ0) is 16.7. The summed E-state index contributed by atoms with van der Waals surface area (Å²) in [7, 11) is 0. The van der Waals surface area contributed by atoms with E-state index in [0.717, 1.165) is 30.9 Å². The van der Waals surface area contributed by atoms with Crippen LogP contribution in [0.4, 0.5) is 0 Å². The Morgan fingerprint density at radius 1 is 1.17 bits per heavy atom. The molecule has 0 fully saturated rings. The van der Waals surface area contributed by atoms with Crippen molar-refractivity contribution >= 4 is 5.91 Å². The number of aryl methyl sites for hydroxylation is 1. The second-order valence-electron chi connectivity index (χ2n) is 5.39. The molecule has 0 aliphatic carbocycles. The summed E-state index contributed by atoms with van der Waals surface area (Å²) >= 11 is 0. The second-order valence-corrected chi connectivity index (χ2v) is 5.39. The van der Waals surface area contributed by atoms with Crippen LogP contribution in [0.1, 0.15) is 38.1 Å². The Hall–Kier alpha value is -2.14. The fraction of sp³-hybridized carbons (Fsp3) is 0.444. The molecule has 1 unspecified atom stereocenters. The van der Waals surface area contributed by atoms with Crippen molar-refractivity contribution in [1.82, 2.24) is 20.0 Å². The Morgan fingerprint density at radius 2 is 1.87 bits per heavy atom. The summed E-state index contributed by atoms with van der Waals surface area (Å²) in [5.41, 5.74) is 2.05. The molecule has 1 aromatic carbocycles. The van der Waals surface area contributed by atoms with E-state index in [2.05, 4.69) is 29.2 Å². The lowest BCUT2D eigenvalue weighted by atomic mass is 10.0. The van der Waals surface area contributed by atoms with E-state index in [1.54, 1.807) is 6.20 Å². The maximum atomic E-state index is 12.8. The lowest BCUT2D eigenvalue weighted by Crippen LogP contribution is -2.40. The highest BCUT2D eigenvalue weighted by Gasteiger charge is 2.25. The van der Waals surface area contributed by atoms with Crippen molar-refractivity contribution in [1.29, 1.82) is 0 Å². The van der Waals surface area contributed by atoms with Crippen LogP contribution >= 0.6 is 0 Å².